The zero-order valence-corrected chi connectivity index (χ0v) is 5.82. The second-order valence-electron chi connectivity index (χ2n) is 0.266. The van der Waals surface area contributed by atoms with E-state index in [1.165, 1.54) is 0 Å². The van der Waals surface area contributed by atoms with Crippen molar-refractivity contribution in [3.8, 4) is 0 Å². The Balaban J connectivity index is -0.0000000450. The zero-order chi connectivity index (χ0) is 3.58. The van der Waals surface area contributed by atoms with Crippen LogP contribution in [0, 0.1) is 37.7 Å². The van der Waals surface area contributed by atoms with Gasteiger partial charge in [0.15, 0.2) is 0 Å². The minimum Gasteiger partial charge on any atom is -0.565 e. The van der Waals surface area contributed by atoms with Gasteiger partial charge in [0, 0.05) is 37.7 Å². The molecule has 0 aliphatic heterocycles. The average Bonchev–Trinajstić information content (AvgIpc) is 0.811. The summed E-state index contributed by atoms with van der Waals surface area (Å²) < 4.78 is 0. The van der Waals surface area contributed by atoms with Gasteiger partial charge in [-0.3, -0.25) is 0 Å². The van der Waals surface area contributed by atoms with E-state index in [2.05, 4.69) is 0 Å². The fourth-order valence-electron chi connectivity index (χ4n) is 0. The minimum absolute atomic E-state index is 0. The van der Waals surface area contributed by atoms with Crippen molar-refractivity contribution in [3.63, 3.8) is 0 Å². The third-order valence-electron chi connectivity index (χ3n) is 0. The summed E-state index contributed by atoms with van der Waals surface area (Å²) in [4.78, 5) is 8.44. The van der Waals surface area contributed by atoms with Crippen molar-refractivity contribution in [2.45, 2.75) is 0 Å². The number of hydrogen-bond acceptors (Lipinski definition) is 2. The van der Waals surface area contributed by atoms with E-state index >= 15 is 0 Å². The van der Waals surface area contributed by atoms with E-state index in [1.807, 2.05) is 0 Å². The summed E-state index contributed by atoms with van der Waals surface area (Å²) in [5.74, 6) is 0. The second-order valence-corrected chi connectivity index (χ2v) is 0.266. The van der Waals surface area contributed by atoms with Gasteiger partial charge in [0.25, 0.3) is 0 Å². The predicted octanol–water partition coefficient (Wildman–Crippen LogP) is -4.11. The Morgan fingerprint density at radius 3 is 1.67 bits per heavy atom. The molecule has 0 saturated carbocycles. The maximum absolute atomic E-state index is 8.44. The quantitative estimate of drug-likeness (QED) is 0.334. The minimum atomic E-state index is -2.08. The topological polar surface area (TPSA) is 60.4 Å². The summed E-state index contributed by atoms with van der Waals surface area (Å²) in [6.07, 6.45) is -2.08. The normalized spacial score (nSPS) is 4.00. The van der Waals surface area contributed by atoms with Gasteiger partial charge in [0.1, 0.15) is 0 Å². The largest absolute Gasteiger partial charge is 1.00 e. The maximum Gasteiger partial charge on any atom is 1.00 e. The fraction of sp³-hybridized carbons (Fsp3) is 0. The molecule has 3 nitrogen and oxygen atoms in total. The monoisotopic (exact) mass is 124 g/mol. The summed E-state index contributed by atoms with van der Waals surface area (Å²) >= 11 is 0. The van der Waals surface area contributed by atoms with E-state index in [0.717, 1.165) is 0 Å². The van der Waals surface area contributed by atoms with Crippen LogP contribution in [0.1, 0.15) is 0 Å². The van der Waals surface area contributed by atoms with E-state index in [0.29, 0.717) is 0 Å². The third-order valence-corrected chi connectivity index (χ3v) is 0. The molecule has 0 aliphatic carbocycles. The van der Waals surface area contributed by atoms with E-state index in [-0.39, 0.29) is 67.3 Å². The van der Waals surface area contributed by atoms with Crippen LogP contribution in [0.4, 0.5) is 4.79 Å². The van der Waals surface area contributed by atoms with Crippen molar-refractivity contribution in [1.29, 1.82) is 0 Å². The van der Waals surface area contributed by atoms with Crippen LogP contribution in [0.25, 0.3) is 0 Å². The summed E-state index contributed by atoms with van der Waals surface area (Å²) in [6.45, 7) is 0. The van der Waals surface area contributed by atoms with Crippen LogP contribution in [-0.4, -0.2) is 11.3 Å². The SMILES string of the molecule is O=C([O-])O.[Ar].[Na+]. The van der Waals surface area contributed by atoms with Crippen LogP contribution in [0.5, 0.6) is 0 Å². The molecule has 0 rings (SSSR count). The molecule has 0 aromatic rings. The van der Waals surface area contributed by atoms with Gasteiger partial charge in [-0.05, 0) is 0 Å². The van der Waals surface area contributed by atoms with Crippen molar-refractivity contribution >= 4 is 6.16 Å². The van der Waals surface area contributed by atoms with E-state index < -0.39 is 6.16 Å². The third kappa shape index (κ3) is 48.5. The van der Waals surface area contributed by atoms with Crippen LogP contribution in [0.3, 0.4) is 0 Å². The molecule has 0 aromatic heterocycles. The molecule has 0 amide bonds. The smallest absolute Gasteiger partial charge is 0.565 e. The van der Waals surface area contributed by atoms with E-state index in [1.54, 1.807) is 0 Å². The van der Waals surface area contributed by atoms with Gasteiger partial charge in [-0.15, -0.1) is 0 Å². The Morgan fingerprint density at radius 1 is 1.67 bits per heavy atom. The second kappa shape index (κ2) is 9.73. The van der Waals surface area contributed by atoms with Crippen molar-refractivity contribution in [2.75, 3.05) is 0 Å². The summed E-state index contributed by atoms with van der Waals surface area (Å²) in [7, 11) is 0. The molecule has 0 aromatic carbocycles. The van der Waals surface area contributed by atoms with E-state index in [4.69, 9.17) is 15.0 Å². The van der Waals surface area contributed by atoms with Gasteiger partial charge in [0.2, 0.25) is 6.16 Å². The average molecular weight is 124 g/mol. The van der Waals surface area contributed by atoms with Crippen molar-refractivity contribution in [2.24, 2.45) is 0 Å². The molecule has 5 heteroatoms. The molecule has 0 atom stereocenters. The number of hydrogen-bond donors (Lipinski definition) is 1. The molecule has 0 radical (unpaired) electrons. The number of rotatable bonds is 0. The molecule has 0 saturated heterocycles. The zero-order valence-electron chi connectivity index (χ0n) is 3.12. The molecule has 32 valence electrons. The van der Waals surface area contributed by atoms with Crippen LogP contribution in [-0.2, 0) is 0 Å². The Bertz CT molecular complexity index is 33.8. The Kier molecular flexibility index (Phi) is 25.4. The first-order chi connectivity index (χ1) is 1.73. The van der Waals surface area contributed by atoms with Crippen molar-refractivity contribution in [3.05, 3.63) is 0 Å². The maximum atomic E-state index is 8.44. The van der Waals surface area contributed by atoms with Gasteiger partial charge in [0.05, 0.1) is 0 Å². The molecule has 0 heterocycles. The van der Waals surface area contributed by atoms with Crippen LogP contribution in [0.15, 0.2) is 0 Å². The van der Waals surface area contributed by atoms with E-state index in [9.17, 15) is 0 Å². The molecule has 0 bridgehead atoms. The Labute approximate surface area is 87.0 Å². The molecular weight excluding hydrogens is 123 g/mol. The van der Waals surface area contributed by atoms with Crippen molar-refractivity contribution in [1.82, 2.24) is 0 Å². The molecular formula is CHArNaO3. The summed E-state index contributed by atoms with van der Waals surface area (Å²) in [5, 5.41) is 15.3. The van der Waals surface area contributed by atoms with Gasteiger partial charge in [-0.25, -0.2) is 0 Å². The van der Waals surface area contributed by atoms with Crippen LogP contribution in [0.2, 0.25) is 0 Å². The fourth-order valence-corrected chi connectivity index (χ4v) is 0. The summed E-state index contributed by atoms with van der Waals surface area (Å²) in [5.41, 5.74) is 0. The standard InChI is InChI=1S/CH2O3.Ar.Na/c2-1(3)4;;/h(H2,2,3,4);;/q;;+1/p-1. The molecule has 6 heavy (non-hydrogen) atoms. The first-order valence-corrected chi connectivity index (χ1v) is 0.632. The van der Waals surface area contributed by atoms with Crippen LogP contribution < -0.4 is 34.7 Å². The Morgan fingerprint density at radius 2 is 1.67 bits per heavy atom. The number of carboxylic acid groups (broad SMARTS) is 2. The van der Waals surface area contributed by atoms with Gasteiger partial charge in [-0.1, -0.05) is 0 Å². The number of carbonyl (C=O) groups is 1. The van der Waals surface area contributed by atoms with Crippen molar-refractivity contribution < 1.29 is 82.3 Å². The van der Waals surface area contributed by atoms with Crippen LogP contribution >= 0.6 is 0 Å². The van der Waals surface area contributed by atoms with Gasteiger partial charge >= 0.3 is 29.6 Å². The summed E-state index contributed by atoms with van der Waals surface area (Å²) in [6, 6.07) is 0. The molecule has 0 unspecified atom stereocenters. The molecule has 0 spiro atoms. The molecule has 1 N–H and O–H groups in total. The molecule has 0 fully saturated rings. The Hall–Kier alpha value is 1.53. The molecule has 0 aliphatic rings. The van der Waals surface area contributed by atoms with Gasteiger partial charge < -0.3 is 15.0 Å². The van der Waals surface area contributed by atoms with Gasteiger partial charge in [-0.2, -0.15) is 0 Å². The predicted molar refractivity (Wildman–Crippen MR) is 8.02 cm³/mol. The first-order valence-electron chi connectivity index (χ1n) is 0.632. The first kappa shape index (κ1) is 15.6.